The Morgan fingerprint density at radius 3 is 2.70 bits per heavy atom. The molecule has 0 unspecified atom stereocenters. The third-order valence-corrected chi connectivity index (χ3v) is 5.29. The fourth-order valence-electron chi connectivity index (χ4n) is 2.49. The van der Waals surface area contributed by atoms with Crippen LogP contribution in [0.15, 0.2) is 53.7 Å². The minimum atomic E-state index is -0.146. The molecule has 140 valence electrons. The fraction of sp³-hybridized carbons (Fsp3) is 0.211. The molecular formula is C19H20ClN5OS. The molecule has 0 atom stereocenters. The van der Waals surface area contributed by atoms with E-state index in [0.717, 1.165) is 17.1 Å². The molecule has 0 bridgehead atoms. The van der Waals surface area contributed by atoms with E-state index in [4.69, 9.17) is 11.6 Å². The van der Waals surface area contributed by atoms with Crippen LogP contribution in [0.25, 0.3) is 11.4 Å². The maximum absolute atomic E-state index is 12.2. The zero-order valence-corrected chi connectivity index (χ0v) is 16.9. The van der Waals surface area contributed by atoms with Crippen LogP contribution in [0.5, 0.6) is 0 Å². The van der Waals surface area contributed by atoms with Gasteiger partial charge in [0.15, 0.2) is 11.0 Å². The minimum Gasteiger partial charge on any atom is -0.378 e. The summed E-state index contributed by atoms with van der Waals surface area (Å²) in [7, 11) is 5.88. The van der Waals surface area contributed by atoms with Gasteiger partial charge in [0.2, 0.25) is 5.91 Å². The van der Waals surface area contributed by atoms with Crippen LogP contribution in [0.1, 0.15) is 0 Å². The smallest absolute Gasteiger partial charge is 0.234 e. The average molecular weight is 402 g/mol. The Kier molecular flexibility index (Phi) is 6.03. The molecule has 0 saturated heterocycles. The Morgan fingerprint density at radius 1 is 1.19 bits per heavy atom. The van der Waals surface area contributed by atoms with Crippen molar-refractivity contribution < 1.29 is 4.79 Å². The van der Waals surface area contributed by atoms with Gasteiger partial charge in [0.1, 0.15) is 0 Å². The Bertz CT molecular complexity index is 957. The molecule has 1 N–H and O–H groups in total. The van der Waals surface area contributed by atoms with Gasteiger partial charge in [-0.2, -0.15) is 0 Å². The van der Waals surface area contributed by atoms with Gasteiger partial charge in [0.25, 0.3) is 0 Å². The number of benzene rings is 2. The Balaban J connectivity index is 1.68. The Morgan fingerprint density at radius 2 is 1.96 bits per heavy atom. The van der Waals surface area contributed by atoms with Crippen molar-refractivity contribution in [3.63, 3.8) is 0 Å². The number of para-hydroxylation sites is 1. The number of anilines is 2. The van der Waals surface area contributed by atoms with Gasteiger partial charge in [0.05, 0.1) is 16.5 Å². The number of hydrogen-bond donors (Lipinski definition) is 1. The van der Waals surface area contributed by atoms with Gasteiger partial charge >= 0.3 is 0 Å². The molecule has 0 radical (unpaired) electrons. The molecule has 8 heteroatoms. The highest BCUT2D eigenvalue weighted by Gasteiger charge is 2.14. The van der Waals surface area contributed by atoms with E-state index >= 15 is 0 Å². The summed E-state index contributed by atoms with van der Waals surface area (Å²) in [6.07, 6.45) is 0. The Labute approximate surface area is 167 Å². The van der Waals surface area contributed by atoms with Crippen molar-refractivity contribution in [3.05, 3.63) is 53.6 Å². The predicted octanol–water partition coefficient (Wildman–Crippen LogP) is 3.93. The van der Waals surface area contributed by atoms with Gasteiger partial charge in [0, 0.05) is 32.4 Å². The number of hydrogen-bond acceptors (Lipinski definition) is 5. The number of carbonyl (C=O) groups excluding carboxylic acids is 1. The van der Waals surface area contributed by atoms with Crippen molar-refractivity contribution in [2.75, 3.05) is 30.1 Å². The summed E-state index contributed by atoms with van der Waals surface area (Å²) in [5.74, 6) is 0.828. The normalized spacial score (nSPS) is 10.7. The largest absolute Gasteiger partial charge is 0.378 e. The van der Waals surface area contributed by atoms with E-state index in [1.807, 2.05) is 60.9 Å². The highest BCUT2D eigenvalue weighted by Crippen LogP contribution is 2.26. The summed E-state index contributed by atoms with van der Waals surface area (Å²) < 4.78 is 1.89. The molecule has 6 nitrogen and oxygen atoms in total. The van der Waals surface area contributed by atoms with Crippen LogP contribution >= 0.6 is 23.4 Å². The molecule has 0 spiro atoms. The van der Waals surface area contributed by atoms with Crippen LogP contribution in [0, 0.1) is 0 Å². The van der Waals surface area contributed by atoms with Crippen LogP contribution in [0.3, 0.4) is 0 Å². The van der Waals surface area contributed by atoms with E-state index in [-0.39, 0.29) is 11.7 Å². The van der Waals surface area contributed by atoms with E-state index in [1.54, 1.807) is 12.1 Å². The van der Waals surface area contributed by atoms with Gasteiger partial charge in [-0.3, -0.25) is 4.79 Å². The summed E-state index contributed by atoms with van der Waals surface area (Å²) in [5, 5.41) is 12.5. The lowest BCUT2D eigenvalue weighted by molar-refractivity contribution is -0.113. The first kappa shape index (κ1) is 19.3. The number of nitrogens with one attached hydrogen (secondary N) is 1. The zero-order chi connectivity index (χ0) is 19.4. The number of rotatable bonds is 6. The lowest BCUT2D eigenvalue weighted by atomic mass is 10.2. The molecular weight excluding hydrogens is 382 g/mol. The molecule has 0 fully saturated rings. The second-order valence-corrected chi connectivity index (χ2v) is 7.48. The van der Waals surface area contributed by atoms with Crippen molar-refractivity contribution >= 4 is 40.6 Å². The highest BCUT2D eigenvalue weighted by atomic mass is 35.5. The van der Waals surface area contributed by atoms with E-state index in [2.05, 4.69) is 21.6 Å². The van der Waals surface area contributed by atoms with Crippen LogP contribution in [0.4, 0.5) is 11.4 Å². The molecule has 27 heavy (non-hydrogen) atoms. The van der Waals surface area contributed by atoms with E-state index in [9.17, 15) is 4.79 Å². The number of carbonyl (C=O) groups is 1. The van der Waals surface area contributed by atoms with E-state index in [1.165, 1.54) is 11.8 Å². The summed E-state index contributed by atoms with van der Waals surface area (Å²) in [6.45, 7) is 0. The van der Waals surface area contributed by atoms with Crippen molar-refractivity contribution in [1.29, 1.82) is 0 Å². The molecule has 1 heterocycles. The van der Waals surface area contributed by atoms with E-state index in [0.29, 0.717) is 15.9 Å². The van der Waals surface area contributed by atoms with Crippen molar-refractivity contribution in [2.24, 2.45) is 7.05 Å². The second kappa shape index (κ2) is 8.45. The molecule has 2 aromatic carbocycles. The number of halogens is 1. The number of amides is 1. The number of thioether (sulfide) groups is 1. The SMILES string of the molecule is CN(C)c1cccc(-c2nnc(SCC(=O)Nc3ccccc3Cl)n2C)c1. The topological polar surface area (TPSA) is 63.1 Å². The van der Waals surface area contributed by atoms with E-state index < -0.39 is 0 Å². The molecule has 3 rings (SSSR count). The third kappa shape index (κ3) is 4.61. The average Bonchev–Trinajstić information content (AvgIpc) is 3.02. The van der Waals surface area contributed by atoms with Crippen molar-refractivity contribution in [2.45, 2.75) is 5.16 Å². The molecule has 0 aliphatic carbocycles. The summed E-state index contributed by atoms with van der Waals surface area (Å²) >= 11 is 7.40. The van der Waals surface area contributed by atoms with Crippen LogP contribution in [-0.2, 0) is 11.8 Å². The first-order valence-corrected chi connectivity index (χ1v) is 9.66. The summed E-state index contributed by atoms with van der Waals surface area (Å²) in [5.41, 5.74) is 2.66. The van der Waals surface area contributed by atoms with Crippen LogP contribution < -0.4 is 10.2 Å². The highest BCUT2D eigenvalue weighted by molar-refractivity contribution is 7.99. The molecule has 0 aliphatic heterocycles. The van der Waals surface area contributed by atoms with Gasteiger partial charge in [-0.05, 0) is 24.3 Å². The third-order valence-electron chi connectivity index (χ3n) is 3.94. The molecule has 0 aliphatic rings. The monoisotopic (exact) mass is 401 g/mol. The number of nitrogens with zero attached hydrogens (tertiary/aromatic N) is 4. The standard InChI is InChI=1S/C19H20ClN5OS/c1-24(2)14-8-6-7-13(11-14)18-22-23-19(25(18)3)27-12-17(26)21-16-10-5-4-9-15(16)20/h4-11H,12H2,1-3H3,(H,21,26). The lowest BCUT2D eigenvalue weighted by Crippen LogP contribution is -2.14. The van der Waals surface area contributed by atoms with Crippen molar-refractivity contribution in [3.8, 4) is 11.4 Å². The predicted molar refractivity (Wildman–Crippen MR) is 112 cm³/mol. The van der Waals surface area contributed by atoms with Crippen LogP contribution in [-0.4, -0.2) is 40.5 Å². The molecule has 0 saturated carbocycles. The van der Waals surface area contributed by atoms with Gasteiger partial charge in [-0.1, -0.05) is 47.6 Å². The fourth-order valence-corrected chi connectivity index (χ4v) is 3.39. The first-order chi connectivity index (χ1) is 13.0. The lowest BCUT2D eigenvalue weighted by Gasteiger charge is -2.13. The first-order valence-electron chi connectivity index (χ1n) is 8.30. The van der Waals surface area contributed by atoms with Gasteiger partial charge in [-0.25, -0.2) is 0 Å². The maximum atomic E-state index is 12.2. The molecule has 3 aromatic rings. The number of aromatic nitrogens is 3. The van der Waals surface area contributed by atoms with Crippen LogP contribution in [0.2, 0.25) is 5.02 Å². The maximum Gasteiger partial charge on any atom is 0.234 e. The summed E-state index contributed by atoms with van der Waals surface area (Å²) in [4.78, 5) is 14.2. The molecule has 1 amide bonds. The zero-order valence-electron chi connectivity index (χ0n) is 15.3. The minimum absolute atomic E-state index is 0.146. The van der Waals surface area contributed by atoms with Gasteiger partial charge in [-0.15, -0.1) is 10.2 Å². The second-order valence-electron chi connectivity index (χ2n) is 6.13. The quantitative estimate of drug-likeness (QED) is 0.634. The van der Waals surface area contributed by atoms with Crippen molar-refractivity contribution in [1.82, 2.24) is 14.8 Å². The summed E-state index contributed by atoms with van der Waals surface area (Å²) in [6, 6.07) is 15.2. The Hall–Kier alpha value is -2.51. The van der Waals surface area contributed by atoms with Gasteiger partial charge < -0.3 is 14.8 Å². The molecule has 1 aromatic heterocycles.